The Morgan fingerprint density at radius 3 is 2.00 bits per heavy atom. The van der Waals surface area contributed by atoms with E-state index in [0.29, 0.717) is 37.4 Å². The Bertz CT molecular complexity index is 411. The van der Waals surface area contributed by atoms with E-state index in [1.807, 2.05) is 34.6 Å². The highest BCUT2D eigenvalue weighted by atomic mass is 16.5. The van der Waals surface area contributed by atoms with Crippen molar-refractivity contribution < 1.29 is 19.1 Å². The Labute approximate surface area is 179 Å². The average molecular weight is 414 g/mol. The minimum absolute atomic E-state index is 0.0982. The van der Waals surface area contributed by atoms with E-state index in [2.05, 4.69) is 5.32 Å². The van der Waals surface area contributed by atoms with Crippen LogP contribution in [0.25, 0.3) is 0 Å². The van der Waals surface area contributed by atoms with E-state index in [1.54, 1.807) is 7.11 Å². The van der Waals surface area contributed by atoms with Gasteiger partial charge in [0, 0.05) is 31.9 Å². The highest BCUT2D eigenvalue weighted by molar-refractivity contribution is 5.80. The first-order valence-corrected chi connectivity index (χ1v) is 11.9. The van der Waals surface area contributed by atoms with Crippen LogP contribution in [0.5, 0.6) is 0 Å². The molecule has 0 heterocycles. The Hall–Kier alpha value is -0.940. The van der Waals surface area contributed by atoms with Crippen LogP contribution in [0, 0.1) is 5.92 Å². The molecule has 2 aliphatic carbocycles. The fourth-order valence-corrected chi connectivity index (χ4v) is 3.70. The van der Waals surface area contributed by atoms with Crippen molar-refractivity contribution in [2.75, 3.05) is 13.7 Å². The minimum Gasteiger partial charge on any atom is -0.382 e. The van der Waals surface area contributed by atoms with Gasteiger partial charge in [-0.2, -0.15) is 0 Å². The smallest absolute Gasteiger partial charge is 0.222 e. The molecule has 0 spiro atoms. The summed E-state index contributed by atoms with van der Waals surface area (Å²) in [5, 5.41) is 3.10. The molecule has 0 aromatic rings. The van der Waals surface area contributed by atoms with Crippen molar-refractivity contribution in [1.82, 2.24) is 5.32 Å². The lowest BCUT2D eigenvalue weighted by Crippen LogP contribution is -2.39. The first-order valence-electron chi connectivity index (χ1n) is 11.9. The van der Waals surface area contributed by atoms with Gasteiger partial charge in [0.1, 0.15) is 5.78 Å². The van der Waals surface area contributed by atoms with E-state index < -0.39 is 0 Å². The van der Waals surface area contributed by atoms with Gasteiger partial charge in [0.2, 0.25) is 5.91 Å². The number of rotatable bonds is 8. The second-order valence-corrected chi connectivity index (χ2v) is 8.10. The second kappa shape index (κ2) is 17.9. The highest BCUT2D eigenvalue weighted by Gasteiger charge is 2.26. The maximum Gasteiger partial charge on any atom is 0.222 e. The van der Waals surface area contributed by atoms with E-state index in [0.717, 1.165) is 38.5 Å². The van der Waals surface area contributed by atoms with Crippen LogP contribution in [0.2, 0.25) is 0 Å². The van der Waals surface area contributed by atoms with Gasteiger partial charge in [0.05, 0.1) is 18.8 Å². The first-order chi connectivity index (χ1) is 14.0. The van der Waals surface area contributed by atoms with Gasteiger partial charge in [-0.25, -0.2) is 0 Å². The SMILES string of the molecule is CC.CCC(=O)C1CCC(NC(=O)CCOC2CCCCC2)CC1.COC(C)C. The molecule has 5 heteroatoms. The van der Waals surface area contributed by atoms with Gasteiger partial charge in [-0.1, -0.05) is 40.0 Å². The molecule has 0 unspecified atom stereocenters. The van der Waals surface area contributed by atoms with Crippen molar-refractivity contribution in [3.63, 3.8) is 0 Å². The monoisotopic (exact) mass is 413 g/mol. The van der Waals surface area contributed by atoms with E-state index in [1.165, 1.54) is 19.3 Å². The fourth-order valence-electron chi connectivity index (χ4n) is 3.70. The predicted octanol–water partition coefficient (Wildman–Crippen LogP) is 5.45. The Balaban J connectivity index is 0.000000977. The number of Topliss-reactive ketones (excluding diaryl/α,β-unsaturated/α-hetero) is 1. The molecule has 2 fully saturated rings. The quantitative estimate of drug-likeness (QED) is 0.575. The van der Waals surface area contributed by atoms with E-state index in [9.17, 15) is 9.59 Å². The lowest BCUT2D eigenvalue weighted by atomic mass is 9.83. The Morgan fingerprint density at radius 2 is 1.52 bits per heavy atom. The van der Waals surface area contributed by atoms with Gasteiger partial charge in [-0.3, -0.25) is 9.59 Å². The van der Waals surface area contributed by atoms with Crippen LogP contribution in [0.15, 0.2) is 0 Å². The Morgan fingerprint density at radius 1 is 0.966 bits per heavy atom. The van der Waals surface area contributed by atoms with Gasteiger partial charge >= 0.3 is 0 Å². The zero-order valence-electron chi connectivity index (χ0n) is 19.9. The van der Waals surface area contributed by atoms with E-state index in [4.69, 9.17) is 9.47 Å². The summed E-state index contributed by atoms with van der Waals surface area (Å²) in [4.78, 5) is 23.6. The molecule has 0 saturated heterocycles. The molecule has 5 nitrogen and oxygen atoms in total. The third-order valence-electron chi connectivity index (χ3n) is 5.60. The molecule has 2 aliphatic rings. The molecule has 2 rings (SSSR count). The van der Waals surface area contributed by atoms with Crippen LogP contribution >= 0.6 is 0 Å². The van der Waals surface area contributed by atoms with Crippen molar-refractivity contribution in [1.29, 1.82) is 0 Å². The van der Waals surface area contributed by atoms with Crippen molar-refractivity contribution in [3.8, 4) is 0 Å². The molecule has 0 radical (unpaired) electrons. The van der Waals surface area contributed by atoms with Crippen molar-refractivity contribution in [2.45, 2.75) is 123 Å². The summed E-state index contributed by atoms with van der Waals surface area (Å²) in [5.41, 5.74) is 0. The molecule has 0 aromatic carbocycles. The summed E-state index contributed by atoms with van der Waals surface area (Å²) in [6.45, 7) is 10.5. The third kappa shape index (κ3) is 13.8. The van der Waals surface area contributed by atoms with Crippen LogP contribution in [-0.4, -0.2) is 43.7 Å². The maximum absolute atomic E-state index is 12.0. The normalized spacial score (nSPS) is 22.0. The predicted molar refractivity (Wildman–Crippen MR) is 120 cm³/mol. The summed E-state index contributed by atoms with van der Waals surface area (Å²) in [6, 6.07) is 0.253. The van der Waals surface area contributed by atoms with Crippen molar-refractivity contribution in [2.24, 2.45) is 5.92 Å². The number of methoxy groups -OCH3 is 1. The molecule has 0 aliphatic heterocycles. The van der Waals surface area contributed by atoms with E-state index >= 15 is 0 Å². The lowest BCUT2D eigenvalue weighted by molar-refractivity contribution is -0.124. The van der Waals surface area contributed by atoms with Crippen LogP contribution in [-0.2, 0) is 19.1 Å². The molecule has 0 atom stereocenters. The summed E-state index contributed by atoms with van der Waals surface area (Å²) in [5.74, 6) is 0.708. The van der Waals surface area contributed by atoms with Gasteiger partial charge in [0.15, 0.2) is 0 Å². The second-order valence-electron chi connectivity index (χ2n) is 8.10. The molecule has 1 N–H and O–H groups in total. The number of ketones is 1. The maximum atomic E-state index is 12.0. The average Bonchev–Trinajstić information content (AvgIpc) is 2.76. The van der Waals surface area contributed by atoms with Gasteiger partial charge in [-0.15, -0.1) is 0 Å². The number of carbonyl (C=O) groups excluding carboxylic acids is 2. The molecular formula is C24H47NO4. The molecule has 172 valence electrons. The minimum atomic E-state index is 0.0982. The largest absolute Gasteiger partial charge is 0.382 e. The summed E-state index contributed by atoms with van der Waals surface area (Å²) in [6.07, 6.45) is 11.7. The summed E-state index contributed by atoms with van der Waals surface area (Å²) < 4.78 is 10.6. The molecule has 0 aromatic heterocycles. The zero-order chi connectivity index (χ0) is 22.1. The molecule has 1 amide bonds. The van der Waals surface area contributed by atoms with Gasteiger partial charge in [-0.05, 0) is 52.4 Å². The summed E-state index contributed by atoms with van der Waals surface area (Å²) in [7, 11) is 1.70. The van der Waals surface area contributed by atoms with Crippen molar-refractivity contribution in [3.05, 3.63) is 0 Å². The lowest BCUT2D eigenvalue weighted by Gasteiger charge is -2.28. The van der Waals surface area contributed by atoms with E-state index in [-0.39, 0.29) is 17.9 Å². The number of carbonyl (C=O) groups is 2. The first kappa shape index (κ1) is 28.1. The molecule has 0 bridgehead atoms. The number of hydrogen-bond donors (Lipinski definition) is 1. The fraction of sp³-hybridized carbons (Fsp3) is 0.917. The van der Waals surface area contributed by atoms with Gasteiger partial charge < -0.3 is 14.8 Å². The molecule has 29 heavy (non-hydrogen) atoms. The summed E-state index contributed by atoms with van der Waals surface area (Å²) >= 11 is 0. The van der Waals surface area contributed by atoms with Crippen LogP contribution < -0.4 is 5.32 Å². The topological polar surface area (TPSA) is 64.6 Å². The standard InChI is InChI=1S/C18H31NO3.C4H10O.C2H6/c1-2-17(20)14-8-10-15(11-9-14)19-18(21)12-13-22-16-6-4-3-5-7-16;1-4(2)5-3;1-2/h14-16H,2-13H2,1H3,(H,19,21);4H,1-3H3;1-2H3. The number of ether oxygens (including phenoxy) is 2. The third-order valence-corrected chi connectivity index (χ3v) is 5.60. The van der Waals surface area contributed by atoms with Gasteiger partial charge in [0.25, 0.3) is 0 Å². The van der Waals surface area contributed by atoms with Crippen LogP contribution in [0.4, 0.5) is 0 Å². The number of amides is 1. The zero-order valence-corrected chi connectivity index (χ0v) is 19.9. The highest BCUT2D eigenvalue weighted by Crippen LogP contribution is 2.26. The Kier molecular flexibility index (Phi) is 17.3. The van der Waals surface area contributed by atoms with Crippen molar-refractivity contribution >= 4 is 11.7 Å². The molecular weight excluding hydrogens is 366 g/mol. The van der Waals surface area contributed by atoms with Crippen LogP contribution in [0.1, 0.15) is 105 Å². The van der Waals surface area contributed by atoms with Crippen LogP contribution in [0.3, 0.4) is 0 Å². The molecule has 2 saturated carbocycles. The number of nitrogens with one attached hydrogen (secondary N) is 1. The number of hydrogen-bond acceptors (Lipinski definition) is 4.